The summed E-state index contributed by atoms with van der Waals surface area (Å²) in [5, 5.41) is 14.0. The van der Waals surface area contributed by atoms with Crippen molar-refractivity contribution in [1.29, 1.82) is 5.26 Å². The molecule has 3 aromatic rings. The predicted molar refractivity (Wildman–Crippen MR) is 123 cm³/mol. The fourth-order valence-electron chi connectivity index (χ4n) is 3.70. The summed E-state index contributed by atoms with van der Waals surface area (Å²) in [4.78, 5) is 26.2. The highest BCUT2D eigenvalue weighted by molar-refractivity contribution is 6.16. The van der Waals surface area contributed by atoms with Crippen molar-refractivity contribution in [2.75, 3.05) is 10.3 Å². The molecule has 0 bridgehead atoms. The summed E-state index contributed by atoms with van der Waals surface area (Å²) in [6, 6.07) is 27.4. The van der Waals surface area contributed by atoms with Gasteiger partial charge in [-0.2, -0.15) is 5.26 Å². The van der Waals surface area contributed by atoms with E-state index in [2.05, 4.69) is 10.7 Å². The number of nitrogens with one attached hydrogen (secondary N) is 2. The molecule has 5 rings (SSSR count). The molecule has 2 heterocycles. The van der Waals surface area contributed by atoms with Crippen molar-refractivity contribution in [3.8, 4) is 11.8 Å². The van der Waals surface area contributed by atoms with E-state index >= 15 is 0 Å². The number of nitrogens with zero attached hydrogens (tertiary/aromatic N) is 2. The average molecular weight is 434 g/mol. The molecule has 7 nitrogen and oxygen atoms in total. The Morgan fingerprint density at radius 3 is 2.33 bits per heavy atom. The van der Waals surface area contributed by atoms with Gasteiger partial charge in [-0.15, -0.1) is 0 Å². The van der Waals surface area contributed by atoms with E-state index in [1.165, 1.54) is 0 Å². The number of fused-ring (bicyclic) bond motifs is 2. The summed E-state index contributed by atoms with van der Waals surface area (Å²) in [5.74, 6) is -2.08. The van der Waals surface area contributed by atoms with E-state index in [1.807, 2.05) is 66.7 Å². The van der Waals surface area contributed by atoms with Crippen LogP contribution >= 0.6 is 0 Å². The lowest BCUT2D eigenvalue weighted by atomic mass is 10.0. The van der Waals surface area contributed by atoms with Gasteiger partial charge in [-0.1, -0.05) is 54.6 Å². The third kappa shape index (κ3) is 3.70. The van der Waals surface area contributed by atoms with Gasteiger partial charge in [0.15, 0.2) is 11.7 Å². The lowest BCUT2D eigenvalue weighted by Crippen LogP contribution is -2.37. The number of hydrazine groups is 1. The number of carbonyl (C=O) groups excluding carboxylic acids is 2. The van der Waals surface area contributed by atoms with Gasteiger partial charge in [0.05, 0.1) is 11.8 Å². The van der Waals surface area contributed by atoms with E-state index < -0.39 is 17.6 Å². The monoisotopic (exact) mass is 434 g/mol. The minimum Gasteiger partial charge on any atom is -0.452 e. The van der Waals surface area contributed by atoms with Gasteiger partial charge in [-0.25, -0.2) is 0 Å². The number of Topliss-reactive ketones (excluding diaryl/α,β-unsaturated/α-hetero) is 1. The number of ether oxygens (including phenoxy) is 1. The number of para-hydroxylation sites is 3. The fraction of sp³-hybridized carbons (Fsp3) is 0.0385. The first kappa shape index (κ1) is 20.1. The van der Waals surface area contributed by atoms with Gasteiger partial charge < -0.3 is 10.1 Å². The second kappa shape index (κ2) is 8.36. The van der Waals surface area contributed by atoms with Crippen LogP contribution in [0, 0.1) is 17.2 Å². The molecule has 0 aliphatic carbocycles. The largest absolute Gasteiger partial charge is 0.452 e. The molecule has 2 aliphatic rings. The van der Waals surface area contributed by atoms with Gasteiger partial charge in [-0.3, -0.25) is 20.0 Å². The van der Waals surface area contributed by atoms with Crippen LogP contribution in [0.2, 0.25) is 0 Å². The summed E-state index contributed by atoms with van der Waals surface area (Å²) < 4.78 is 6.08. The van der Waals surface area contributed by atoms with Gasteiger partial charge in [0, 0.05) is 11.3 Å². The zero-order valence-corrected chi connectivity index (χ0v) is 17.4. The summed E-state index contributed by atoms with van der Waals surface area (Å²) in [7, 11) is 0. The van der Waals surface area contributed by atoms with E-state index in [0.717, 1.165) is 11.3 Å². The number of hydrogen-bond acceptors (Lipinski definition) is 6. The van der Waals surface area contributed by atoms with Gasteiger partial charge in [-0.05, 0) is 36.4 Å². The molecule has 0 fully saturated rings. The van der Waals surface area contributed by atoms with E-state index in [9.17, 15) is 14.9 Å². The van der Waals surface area contributed by atoms with Crippen LogP contribution < -0.4 is 20.5 Å². The number of ketones is 1. The van der Waals surface area contributed by atoms with Gasteiger partial charge in [0.25, 0.3) is 0 Å². The van der Waals surface area contributed by atoms with Gasteiger partial charge >= 0.3 is 0 Å². The average Bonchev–Trinajstić information content (AvgIpc) is 3.22. The maximum absolute atomic E-state index is 13.4. The van der Waals surface area contributed by atoms with Crippen LogP contribution in [0.4, 0.5) is 11.4 Å². The normalized spacial score (nSPS) is 14.6. The Bertz CT molecular complexity index is 1340. The Balaban J connectivity index is 1.52. The van der Waals surface area contributed by atoms with E-state index in [0.29, 0.717) is 17.1 Å². The van der Waals surface area contributed by atoms with Gasteiger partial charge in [0.2, 0.25) is 11.7 Å². The van der Waals surface area contributed by atoms with Crippen LogP contribution in [0.25, 0.3) is 6.08 Å². The Labute approximate surface area is 190 Å². The Morgan fingerprint density at radius 2 is 1.61 bits per heavy atom. The number of anilines is 2. The number of allylic oxidation sites excluding steroid dienone is 1. The molecule has 1 atom stereocenters. The molecule has 33 heavy (non-hydrogen) atoms. The van der Waals surface area contributed by atoms with E-state index in [4.69, 9.17) is 4.74 Å². The van der Waals surface area contributed by atoms with Crippen molar-refractivity contribution >= 4 is 29.1 Å². The third-order valence-electron chi connectivity index (χ3n) is 5.30. The van der Waals surface area contributed by atoms with Crippen LogP contribution in [0.3, 0.4) is 0 Å². The van der Waals surface area contributed by atoms with Crippen LogP contribution in [-0.4, -0.2) is 11.7 Å². The van der Waals surface area contributed by atoms with Crippen LogP contribution in [0.5, 0.6) is 5.75 Å². The number of hydrogen-bond donors (Lipinski definition) is 2. The molecule has 7 heteroatoms. The smallest absolute Gasteiger partial charge is 0.249 e. The highest BCUT2D eigenvalue weighted by atomic mass is 16.5. The zero-order chi connectivity index (χ0) is 22.8. The maximum Gasteiger partial charge on any atom is 0.249 e. The summed E-state index contributed by atoms with van der Waals surface area (Å²) in [6.45, 7) is 0. The number of rotatable bonds is 5. The first-order valence-corrected chi connectivity index (χ1v) is 10.3. The fourth-order valence-corrected chi connectivity index (χ4v) is 3.70. The second-order valence-corrected chi connectivity index (χ2v) is 7.44. The minimum atomic E-state index is -1.56. The molecule has 1 amide bonds. The number of amides is 1. The number of benzene rings is 3. The first-order chi connectivity index (χ1) is 16.2. The molecule has 0 aromatic heterocycles. The lowest BCUT2D eigenvalue weighted by Gasteiger charge is -2.24. The first-order valence-electron chi connectivity index (χ1n) is 10.3. The van der Waals surface area contributed by atoms with Crippen LogP contribution in [0.15, 0.2) is 102 Å². The standard InChI is InChI=1S/C26H18N4O3/c27-16-20(26(32)28-18-10-3-1-4-11-18)24(31)23-25-21(15-17-9-7-8-14-22(17)33-25)30(29-23)19-12-5-2-6-13-19/h1-15,20,29H,(H,28,32). The lowest BCUT2D eigenvalue weighted by molar-refractivity contribution is -0.126. The van der Waals surface area contributed by atoms with Crippen molar-refractivity contribution in [2.45, 2.75) is 0 Å². The Morgan fingerprint density at radius 1 is 0.939 bits per heavy atom. The molecular formula is C26H18N4O3. The van der Waals surface area contributed by atoms with Crippen molar-refractivity contribution < 1.29 is 14.3 Å². The third-order valence-corrected chi connectivity index (χ3v) is 5.30. The number of carbonyl (C=O) groups is 2. The Hall–Kier alpha value is -4.83. The Kier molecular flexibility index (Phi) is 5.09. The minimum absolute atomic E-state index is 0.0503. The quantitative estimate of drug-likeness (QED) is 0.590. The molecule has 3 aromatic carbocycles. The summed E-state index contributed by atoms with van der Waals surface area (Å²) in [5.41, 5.74) is 5.85. The summed E-state index contributed by atoms with van der Waals surface area (Å²) in [6.07, 6.45) is 1.90. The van der Waals surface area contributed by atoms with E-state index in [1.54, 1.807) is 35.3 Å². The van der Waals surface area contributed by atoms with Crippen molar-refractivity contribution in [3.63, 3.8) is 0 Å². The highest BCUT2D eigenvalue weighted by Crippen LogP contribution is 2.39. The van der Waals surface area contributed by atoms with Crippen LogP contribution in [0.1, 0.15) is 5.56 Å². The molecule has 0 saturated heterocycles. The summed E-state index contributed by atoms with van der Waals surface area (Å²) >= 11 is 0. The molecule has 0 spiro atoms. The van der Waals surface area contributed by atoms with Crippen molar-refractivity contribution in [3.05, 3.63) is 108 Å². The SMILES string of the molecule is N#CC(C(=O)Nc1ccccc1)C(=O)C1=C2Oc3ccccc3C=C2N(c2ccccc2)N1. The highest BCUT2D eigenvalue weighted by Gasteiger charge is 2.40. The topological polar surface area (TPSA) is 94.5 Å². The zero-order valence-electron chi connectivity index (χ0n) is 17.4. The molecule has 2 N–H and O–H groups in total. The molecular weight excluding hydrogens is 416 g/mol. The van der Waals surface area contributed by atoms with Gasteiger partial charge in [0.1, 0.15) is 17.1 Å². The maximum atomic E-state index is 13.4. The van der Waals surface area contributed by atoms with E-state index in [-0.39, 0.29) is 11.5 Å². The van der Waals surface area contributed by atoms with Crippen molar-refractivity contribution in [2.24, 2.45) is 5.92 Å². The molecule has 0 saturated carbocycles. The molecule has 1 unspecified atom stereocenters. The number of nitriles is 1. The predicted octanol–water partition coefficient (Wildman–Crippen LogP) is 4.00. The van der Waals surface area contributed by atoms with Crippen LogP contribution in [-0.2, 0) is 9.59 Å². The molecule has 0 radical (unpaired) electrons. The molecule has 2 aliphatic heterocycles. The second-order valence-electron chi connectivity index (χ2n) is 7.44. The van der Waals surface area contributed by atoms with Crippen molar-refractivity contribution in [1.82, 2.24) is 5.43 Å². The molecule has 160 valence electrons.